The molecule has 0 saturated heterocycles. The number of nitro benzene ring substituents is 1. The van der Waals surface area contributed by atoms with Crippen LogP contribution in [0.25, 0.3) is 0 Å². The van der Waals surface area contributed by atoms with Gasteiger partial charge in [0.15, 0.2) is 0 Å². The second-order valence-corrected chi connectivity index (χ2v) is 3.29. The minimum absolute atomic E-state index is 0.0413. The molecule has 1 aromatic carbocycles. The molecule has 1 rings (SSSR count). The Morgan fingerprint density at radius 2 is 1.72 bits per heavy atom. The van der Waals surface area contributed by atoms with Gasteiger partial charge >= 0.3 is 0 Å². The Bertz CT molecular complexity index is 405. The molecule has 0 heterocycles. The van der Waals surface area contributed by atoms with Crippen LogP contribution in [0.2, 0.25) is 0 Å². The highest BCUT2D eigenvalue weighted by atomic mass is 19.1. The molecule has 0 fully saturated rings. The summed E-state index contributed by atoms with van der Waals surface area (Å²) in [4.78, 5) is 9.88. The van der Waals surface area contributed by atoms with Crippen LogP contribution < -0.4 is 0 Å². The molecule has 0 aliphatic rings. The van der Waals surface area contributed by atoms with Gasteiger partial charge < -0.3 is 0 Å². The summed E-state index contributed by atoms with van der Waals surface area (Å²) < 4.78 is 24.2. The average molecular weight is 258 g/mol. The molecule has 8 heteroatoms. The second kappa shape index (κ2) is 7.25. The third-order valence-electron chi connectivity index (χ3n) is 2.03. The first-order chi connectivity index (χ1) is 8.67. The van der Waals surface area contributed by atoms with Crippen molar-refractivity contribution in [3.63, 3.8) is 0 Å². The van der Waals surface area contributed by atoms with Gasteiger partial charge in [0.25, 0.3) is 5.69 Å². The van der Waals surface area contributed by atoms with E-state index in [1.807, 2.05) is 0 Å². The Balaban J connectivity index is 2.67. The Kier molecular flexibility index (Phi) is 5.62. The molecule has 98 valence electrons. The fraction of sp³-hybridized carbons (Fsp3) is 0.400. The van der Waals surface area contributed by atoms with Crippen molar-refractivity contribution in [2.24, 2.45) is 10.3 Å². The number of rotatable bonds is 7. The van der Waals surface area contributed by atoms with Crippen molar-refractivity contribution in [3.05, 3.63) is 34.4 Å². The van der Waals surface area contributed by atoms with Crippen LogP contribution in [0.3, 0.4) is 0 Å². The van der Waals surface area contributed by atoms with E-state index >= 15 is 0 Å². The van der Waals surface area contributed by atoms with E-state index in [2.05, 4.69) is 10.3 Å². The lowest BCUT2D eigenvalue weighted by Crippen LogP contribution is -2.21. The Morgan fingerprint density at radius 1 is 1.17 bits per heavy atom. The van der Waals surface area contributed by atoms with Gasteiger partial charge in [0.2, 0.25) is 0 Å². The van der Waals surface area contributed by atoms with Crippen LogP contribution in [0.4, 0.5) is 20.2 Å². The first-order valence-electron chi connectivity index (χ1n) is 5.20. The summed E-state index contributed by atoms with van der Waals surface area (Å²) in [6, 6.07) is 5.38. The molecule has 0 saturated carbocycles. The van der Waals surface area contributed by atoms with Crippen molar-refractivity contribution in [2.75, 3.05) is 26.4 Å². The fourth-order valence-electron chi connectivity index (χ4n) is 1.15. The van der Waals surface area contributed by atoms with E-state index < -0.39 is 18.3 Å². The smallest absolute Gasteiger partial charge is 0.269 e. The monoisotopic (exact) mass is 258 g/mol. The van der Waals surface area contributed by atoms with Gasteiger partial charge in [0.05, 0.1) is 23.7 Å². The van der Waals surface area contributed by atoms with Crippen LogP contribution in [0.5, 0.6) is 0 Å². The molecule has 0 bridgehead atoms. The van der Waals surface area contributed by atoms with Crippen LogP contribution in [0.15, 0.2) is 34.6 Å². The molecule has 18 heavy (non-hydrogen) atoms. The standard InChI is InChI=1S/C10H12F2N4O2/c11-5-7-15(8-6-12)14-13-9-1-3-10(4-2-9)16(17)18/h1-4H,5-8H2. The van der Waals surface area contributed by atoms with Gasteiger partial charge in [-0.3, -0.25) is 15.1 Å². The number of hydrogen-bond acceptors (Lipinski definition) is 4. The highest BCUT2D eigenvalue weighted by Crippen LogP contribution is 2.18. The molecule has 0 spiro atoms. The van der Waals surface area contributed by atoms with Crippen LogP contribution in [0, 0.1) is 10.1 Å². The Labute approximate surface area is 102 Å². The molecule has 0 radical (unpaired) electrons. The summed E-state index contributed by atoms with van der Waals surface area (Å²) >= 11 is 0. The predicted octanol–water partition coefficient (Wildman–Crippen LogP) is 2.83. The fourth-order valence-corrected chi connectivity index (χ4v) is 1.15. The van der Waals surface area contributed by atoms with E-state index in [0.29, 0.717) is 5.69 Å². The van der Waals surface area contributed by atoms with Gasteiger partial charge in [0.1, 0.15) is 13.3 Å². The zero-order chi connectivity index (χ0) is 13.4. The maximum absolute atomic E-state index is 12.1. The SMILES string of the molecule is O=[N+]([O-])c1ccc(N=NN(CCF)CCF)cc1. The van der Waals surface area contributed by atoms with Crippen molar-refractivity contribution in [3.8, 4) is 0 Å². The largest absolute Gasteiger partial charge is 0.273 e. The first-order valence-corrected chi connectivity index (χ1v) is 5.20. The predicted molar refractivity (Wildman–Crippen MR) is 61.1 cm³/mol. The van der Waals surface area contributed by atoms with E-state index in [0.717, 1.165) is 5.01 Å². The third-order valence-corrected chi connectivity index (χ3v) is 2.03. The molecular formula is C10H12F2N4O2. The van der Waals surface area contributed by atoms with Crippen molar-refractivity contribution in [2.45, 2.75) is 0 Å². The molecule has 0 amide bonds. The summed E-state index contributed by atoms with van der Waals surface area (Å²) in [6.07, 6.45) is 0. The molecule has 6 nitrogen and oxygen atoms in total. The van der Waals surface area contributed by atoms with E-state index in [1.54, 1.807) is 0 Å². The second-order valence-electron chi connectivity index (χ2n) is 3.29. The summed E-state index contributed by atoms with van der Waals surface area (Å²) in [5, 5.41) is 19.0. The molecule has 0 aliphatic carbocycles. The highest BCUT2D eigenvalue weighted by Gasteiger charge is 2.04. The number of halogens is 2. The summed E-state index contributed by atoms with van der Waals surface area (Å²) in [6.45, 7) is -1.39. The van der Waals surface area contributed by atoms with E-state index in [1.165, 1.54) is 24.3 Å². The summed E-state index contributed by atoms with van der Waals surface area (Å²) in [5.41, 5.74) is 0.321. The van der Waals surface area contributed by atoms with Gasteiger partial charge in [-0.25, -0.2) is 8.78 Å². The number of alkyl halides is 2. The maximum Gasteiger partial charge on any atom is 0.269 e. The van der Waals surface area contributed by atoms with Gasteiger partial charge in [0, 0.05) is 12.1 Å². The first kappa shape index (κ1) is 13.9. The highest BCUT2D eigenvalue weighted by molar-refractivity contribution is 5.43. The van der Waals surface area contributed by atoms with E-state index in [-0.39, 0.29) is 18.8 Å². The lowest BCUT2D eigenvalue weighted by molar-refractivity contribution is -0.384. The van der Waals surface area contributed by atoms with Gasteiger partial charge in [-0.15, -0.1) is 5.11 Å². The van der Waals surface area contributed by atoms with Crippen LogP contribution >= 0.6 is 0 Å². The number of non-ortho nitro benzene ring substituents is 1. The number of nitro groups is 1. The van der Waals surface area contributed by atoms with Gasteiger partial charge in [-0.2, -0.15) is 0 Å². The third kappa shape index (κ3) is 4.40. The molecule has 0 unspecified atom stereocenters. The summed E-state index contributed by atoms with van der Waals surface area (Å²) in [7, 11) is 0. The minimum atomic E-state index is -0.653. The molecule has 1 aromatic rings. The number of hydrogen-bond donors (Lipinski definition) is 0. The molecule has 0 aromatic heterocycles. The average Bonchev–Trinajstić information content (AvgIpc) is 2.37. The van der Waals surface area contributed by atoms with Crippen molar-refractivity contribution >= 4 is 11.4 Å². The molecule has 0 atom stereocenters. The van der Waals surface area contributed by atoms with Gasteiger partial charge in [-0.1, -0.05) is 5.22 Å². The Morgan fingerprint density at radius 3 is 2.17 bits per heavy atom. The van der Waals surface area contributed by atoms with E-state index in [9.17, 15) is 18.9 Å². The Hall–Kier alpha value is -2.12. The molecule has 0 aliphatic heterocycles. The molecule has 0 N–H and O–H groups in total. The maximum atomic E-state index is 12.1. The summed E-state index contributed by atoms with van der Waals surface area (Å²) in [5.74, 6) is 0. The van der Waals surface area contributed by atoms with Crippen molar-refractivity contribution in [1.82, 2.24) is 5.01 Å². The number of nitrogens with zero attached hydrogens (tertiary/aromatic N) is 4. The lowest BCUT2D eigenvalue weighted by atomic mass is 10.3. The van der Waals surface area contributed by atoms with Crippen molar-refractivity contribution < 1.29 is 13.7 Å². The normalized spacial score (nSPS) is 10.8. The lowest BCUT2D eigenvalue weighted by Gasteiger charge is -2.12. The zero-order valence-corrected chi connectivity index (χ0v) is 9.50. The van der Waals surface area contributed by atoms with Crippen LogP contribution in [0.1, 0.15) is 0 Å². The zero-order valence-electron chi connectivity index (χ0n) is 9.50. The van der Waals surface area contributed by atoms with E-state index in [4.69, 9.17) is 0 Å². The molecular weight excluding hydrogens is 246 g/mol. The number of benzene rings is 1. The topological polar surface area (TPSA) is 71.1 Å². The van der Waals surface area contributed by atoms with Gasteiger partial charge in [-0.05, 0) is 12.1 Å². The van der Waals surface area contributed by atoms with Crippen molar-refractivity contribution in [1.29, 1.82) is 0 Å². The quantitative estimate of drug-likeness (QED) is 0.429. The van der Waals surface area contributed by atoms with Crippen LogP contribution in [-0.4, -0.2) is 36.4 Å². The minimum Gasteiger partial charge on any atom is -0.273 e. The van der Waals surface area contributed by atoms with Crippen LogP contribution in [-0.2, 0) is 0 Å².